The number of hydrogen-bond acceptors (Lipinski definition) is 3. The van der Waals surface area contributed by atoms with Crippen molar-refractivity contribution in [2.24, 2.45) is 5.92 Å². The Kier molecular flexibility index (Phi) is 2.49. The number of nitrogens with zero attached hydrogens (tertiary/aromatic N) is 1. The van der Waals surface area contributed by atoms with E-state index in [1.54, 1.807) is 0 Å². The van der Waals surface area contributed by atoms with Gasteiger partial charge in [0.25, 0.3) is 0 Å². The Hall–Kier alpha value is -0.820. The molecule has 0 aromatic rings. The molecule has 0 radical (unpaired) electrons. The Balaban J connectivity index is 2.60. The average molecular weight is 208 g/mol. The Morgan fingerprint density at radius 2 is 2.15 bits per heavy atom. The average Bonchev–Trinajstić information content (AvgIpc) is 2.59. The van der Waals surface area contributed by atoms with Crippen molar-refractivity contribution in [1.29, 1.82) is 0 Å². The summed E-state index contributed by atoms with van der Waals surface area (Å²) in [6.45, 7) is 4.18. The lowest BCUT2D eigenvalue weighted by atomic mass is 10.1. The van der Waals surface area contributed by atoms with Crippen molar-refractivity contribution in [1.82, 2.24) is 9.03 Å². The minimum atomic E-state index is -3.80. The molecule has 0 aromatic carbocycles. The summed E-state index contributed by atoms with van der Waals surface area (Å²) in [5, 5.41) is 8.23. The Labute approximate surface area is 76.7 Å². The van der Waals surface area contributed by atoms with E-state index in [0.717, 1.165) is 4.31 Å². The van der Waals surface area contributed by atoms with Crippen LogP contribution in [0.5, 0.6) is 0 Å². The second-order valence-electron chi connectivity index (χ2n) is 3.29. The number of amides is 1. The molecule has 1 aliphatic rings. The molecular weight excluding hydrogens is 196 g/mol. The molecule has 0 saturated carbocycles. The van der Waals surface area contributed by atoms with Gasteiger partial charge in [0.15, 0.2) is 0 Å². The van der Waals surface area contributed by atoms with E-state index in [-0.39, 0.29) is 12.0 Å². The number of hydrogen-bond donors (Lipinski definition) is 2. The van der Waals surface area contributed by atoms with Crippen LogP contribution in [0.1, 0.15) is 13.8 Å². The van der Waals surface area contributed by atoms with Crippen molar-refractivity contribution in [3.63, 3.8) is 0 Å². The zero-order valence-corrected chi connectivity index (χ0v) is 8.21. The first-order valence-electron chi connectivity index (χ1n) is 3.87. The lowest BCUT2D eigenvalue weighted by Crippen LogP contribution is -2.35. The van der Waals surface area contributed by atoms with Gasteiger partial charge in [0.2, 0.25) is 0 Å². The van der Waals surface area contributed by atoms with Crippen molar-refractivity contribution in [2.45, 2.75) is 19.9 Å². The van der Waals surface area contributed by atoms with Crippen LogP contribution in [0.25, 0.3) is 0 Å². The van der Waals surface area contributed by atoms with E-state index in [2.05, 4.69) is 0 Å². The van der Waals surface area contributed by atoms with Crippen LogP contribution in [0, 0.1) is 5.92 Å². The van der Waals surface area contributed by atoms with Gasteiger partial charge >= 0.3 is 16.3 Å². The molecule has 76 valence electrons. The van der Waals surface area contributed by atoms with Crippen molar-refractivity contribution in [3.8, 4) is 0 Å². The lowest BCUT2D eigenvalue weighted by molar-refractivity contribution is 0.200. The summed E-state index contributed by atoms with van der Waals surface area (Å²) >= 11 is 0. The van der Waals surface area contributed by atoms with Gasteiger partial charge in [-0.15, -0.1) is 0 Å². The third-order valence-electron chi connectivity index (χ3n) is 1.90. The van der Waals surface area contributed by atoms with Gasteiger partial charge in [0.05, 0.1) is 0 Å². The maximum atomic E-state index is 11.2. The molecule has 2 N–H and O–H groups in total. The predicted molar refractivity (Wildman–Crippen MR) is 45.4 cm³/mol. The molecule has 1 rings (SSSR count). The van der Waals surface area contributed by atoms with Crippen LogP contribution in [0.2, 0.25) is 0 Å². The highest BCUT2D eigenvalue weighted by Gasteiger charge is 2.46. The Morgan fingerprint density at radius 1 is 1.62 bits per heavy atom. The summed E-state index contributed by atoms with van der Waals surface area (Å²) < 4.78 is 24.9. The normalized spacial score (nSPS) is 27.3. The monoisotopic (exact) mass is 208 g/mol. The molecular formula is C6H12N2O4S. The minimum Gasteiger partial charge on any atom is -0.464 e. The highest BCUT2D eigenvalue weighted by Crippen LogP contribution is 2.27. The quantitative estimate of drug-likeness (QED) is 0.631. The van der Waals surface area contributed by atoms with Gasteiger partial charge in [-0.1, -0.05) is 13.8 Å². The van der Waals surface area contributed by atoms with Crippen LogP contribution in [0.3, 0.4) is 0 Å². The summed E-state index contributed by atoms with van der Waals surface area (Å²) in [6, 6.07) is -0.0585. The Morgan fingerprint density at radius 3 is 2.46 bits per heavy atom. The molecule has 1 unspecified atom stereocenters. The number of nitrogens with one attached hydrogen (secondary N) is 1. The fourth-order valence-corrected chi connectivity index (χ4v) is 2.41. The maximum absolute atomic E-state index is 11.2. The molecule has 1 amide bonds. The standard InChI is InChI=1S/C6H12N2O4S/c1-4(2)5-3-8(5)13(11,12)7-6(9)10/h4-5,7H,3H2,1-2H3,(H,9,10)/t5-,8?/m0/s1. The molecule has 0 bridgehead atoms. The number of carboxylic acid groups (broad SMARTS) is 1. The largest absolute Gasteiger partial charge is 0.464 e. The molecule has 1 fully saturated rings. The van der Waals surface area contributed by atoms with Crippen molar-refractivity contribution in [3.05, 3.63) is 0 Å². The van der Waals surface area contributed by atoms with E-state index in [9.17, 15) is 13.2 Å². The van der Waals surface area contributed by atoms with Gasteiger partial charge in [-0.05, 0) is 5.92 Å². The van der Waals surface area contributed by atoms with Gasteiger partial charge < -0.3 is 5.11 Å². The molecule has 1 heterocycles. The third-order valence-corrected chi connectivity index (χ3v) is 3.37. The van der Waals surface area contributed by atoms with E-state index < -0.39 is 16.3 Å². The second-order valence-corrected chi connectivity index (χ2v) is 4.92. The smallest absolute Gasteiger partial charge is 0.419 e. The molecule has 1 aliphatic heterocycles. The van der Waals surface area contributed by atoms with Crippen molar-refractivity contribution in [2.75, 3.05) is 6.54 Å². The topological polar surface area (TPSA) is 86.5 Å². The first kappa shape index (κ1) is 10.3. The summed E-state index contributed by atoms with van der Waals surface area (Å²) in [7, 11) is -3.80. The van der Waals surface area contributed by atoms with Gasteiger partial charge in [-0.25, -0.2) is 9.52 Å². The van der Waals surface area contributed by atoms with Crippen molar-refractivity contribution < 1.29 is 18.3 Å². The second kappa shape index (κ2) is 3.15. The Bertz CT molecular complexity index is 311. The fourth-order valence-electron chi connectivity index (χ4n) is 1.13. The lowest BCUT2D eigenvalue weighted by Gasteiger charge is -2.06. The molecule has 1 saturated heterocycles. The molecule has 7 heteroatoms. The van der Waals surface area contributed by atoms with E-state index in [1.807, 2.05) is 13.8 Å². The molecule has 0 aromatic heterocycles. The molecule has 0 aliphatic carbocycles. The molecule has 2 atom stereocenters. The maximum Gasteiger partial charge on any atom is 0.419 e. The highest BCUT2D eigenvalue weighted by molar-refractivity contribution is 7.87. The van der Waals surface area contributed by atoms with E-state index >= 15 is 0 Å². The molecule has 0 spiro atoms. The number of carbonyl (C=O) groups is 1. The summed E-state index contributed by atoms with van der Waals surface area (Å²) in [5.74, 6) is 0.213. The summed E-state index contributed by atoms with van der Waals surface area (Å²) in [5.41, 5.74) is 0. The van der Waals surface area contributed by atoms with Crippen LogP contribution in [-0.2, 0) is 10.2 Å². The van der Waals surface area contributed by atoms with E-state index in [4.69, 9.17) is 5.11 Å². The minimum absolute atomic E-state index is 0.0585. The van der Waals surface area contributed by atoms with E-state index in [1.165, 1.54) is 4.72 Å². The highest BCUT2D eigenvalue weighted by atomic mass is 32.2. The van der Waals surface area contributed by atoms with Crippen LogP contribution in [-0.4, -0.2) is 36.5 Å². The van der Waals surface area contributed by atoms with Gasteiger partial charge in [-0.3, -0.25) is 0 Å². The first-order valence-corrected chi connectivity index (χ1v) is 5.31. The first-order chi connectivity index (χ1) is 5.84. The summed E-state index contributed by atoms with van der Waals surface area (Å²) in [4.78, 5) is 10.1. The van der Waals surface area contributed by atoms with Gasteiger partial charge in [0, 0.05) is 12.6 Å². The fraction of sp³-hybridized carbons (Fsp3) is 0.833. The molecule has 6 nitrogen and oxygen atoms in total. The van der Waals surface area contributed by atoms with Crippen LogP contribution < -0.4 is 4.72 Å². The van der Waals surface area contributed by atoms with E-state index in [0.29, 0.717) is 6.54 Å². The SMILES string of the molecule is CC(C)[C@@H]1CN1S(=O)(=O)NC(=O)O. The van der Waals surface area contributed by atoms with Gasteiger partial charge in [-0.2, -0.15) is 12.7 Å². The number of rotatable bonds is 3. The van der Waals surface area contributed by atoms with Crippen molar-refractivity contribution >= 4 is 16.3 Å². The zero-order chi connectivity index (χ0) is 10.2. The molecule has 13 heavy (non-hydrogen) atoms. The van der Waals surface area contributed by atoms with Crippen LogP contribution >= 0.6 is 0 Å². The third kappa shape index (κ3) is 2.31. The summed E-state index contributed by atoms with van der Waals surface area (Å²) in [6.07, 6.45) is -1.55. The van der Waals surface area contributed by atoms with Crippen LogP contribution in [0.15, 0.2) is 0 Å². The van der Waals surface area contributed by atoms with Crippen LogP contribution in [0.4, 0.5) is 4.79 Å². The zero-order valence-electron chi connectivity index (χ0n) is 7.39. The predicted octanol–water partition coefficient (Wildman–Crippen LogP) is -0.161. The van der Waals surface area contributed by atoms with Gasteiger partial charge in [0.1, 0.15) is 0 Å².